The van der Waals surface area contributed by atoms with E-state index in [2.05, 4.69) is 25.7 Å². The molecule has 1 aromatic heterocycles. The number of hydrogen-bond acceptors (Lipinski definition) is 2. The van der Waals surface area contributed by atoms with E-state index in [0.29, 0.717) is 9.50 Å². The maximum Gasteiger partial charge on any atom is 0.214 e. The first-order valence-electron chi connectivity index (χ1n) is 3.88. The highest BCUT2D eigenvalue weighted by molar-refractivity contribution is 9.10. The summed E-state index contributed by atoms with van der Waals surface area (Å²) in [5, 5.41) is 0.356. The van der Waals surface area contributed by atoms with Crippen molar-refractivity contribution in [2.75, 3.05) is 7.04 Å². The summed E-state index contributed by atoms with van der Waals surface area (Å²) in [4.78, 5) is 3.71. The number of rotatable bonds is 1. The van der Waals surface area contributed by atoms with Crippen LogP contribution in [0.5, 0.6) is 5.88 Å². The predicted octanol–water partition coefficient (Wildman–Crippen LogP) is 2.51. The molecule has 2 nitrogen and oxygen atoms in total. The van der Waals surface area contributed by atoms with Crippen LogP contribution in [0.3, 0.4) is 0 Å². The van der Waals surface area contributed by atoms with Crippen LogP contribution >= 0.6 is 27.5 Å². The van der Waals surface area contributed by atoms with Crippen molar-refractivity contribution in [2.45, 2.75) is 0 Å². The molecule has 0 radical (unpaired) electrons. The summed E-state index contributed by atoms with van der Waals surface area (Å²) in [6, 6.07) is 1.33. The van der Waals surface area contributed by atoms with Gasteiger partial charge in [-0.25, -0.2) is 4.98 Å². The maximum atomic E-state index is 6.81. The zero-order valence-corrected chi connectivity index (χ0v) is 7.11. The largest absolute Gasteiger partial charge is 0.481 e. The summed E-state index contributed by atoms with van der Waals surface area (Å²) in [5.41, 5.74) is 0. The van der Waals surface area contributed by atoms with Gasteiger partial charge in [0.1, 0.15) is 0 Å². The second-order valence-electron chi connectivity index (χ2n) is 1.54. The molecule has 0 atom stereocenters. The van der Waals surface area contributed by atoms with Crippen LogP contribution in [0.2, 0.25) is 5.02 Å². The molecule has 54 valence electrons. The van der Waals surface area contributed by atoms with Crippen LogP contribution in [-0.4, -0.2) is 12.0 Å². The van der Waals surface area contributed by atoms with Gasteiger partial charge in [0.2, 0.25) is 5.88 Å². The quantitative estimate of drug-likeness (QED) is 0.733. The molecule has 0 aliphatic carbocycles. The Labute approximate surface area is 76.5 Å². The Bertz CT molecular complexity index is 317. The van der Waals surface area contributed by atoms with Gasteiger partial charge in [-0.05, 0) is 15.9 Å². The van der Waals surface area contributed by atoms with Gasteiger partial charge in [-0.3, -0.25) is 0 Å². The van der Waals surface area contributed by atoms with Crippen molar-refractivity contribution < 1.29 is 8.85 Å². The van der Waals surface area contributed by atoms with Gasteiger partial charge in [-0.1, -0.05) is 11.6 Å². The van der Waals surface area contributed by atoms with Crippen LogP contribution in [0.4, 0.5) is 0 Å². The van der Waals surface area contributed by atoms with E-state index < -0.39 is 7.04 Å². The highest BCUT2D eigenvalue weighted by Crippen LogP contribution is 2.23. The van der Waals surface area contributed by atoms with Crippen molar-refractivity contribution >= 4 is 27.5 Å². The Morgan fingerprint density at radius 2 is 2.70 bits per heavy atom. The zero-order chi connectivity index (χ0) is 10.1. The minimum absolute atomic E-state index is 0.0202. The lowest BCUT2D eigenvalue weighted by Gasteiger charge is -1.98. The average molecular weight is 225 g/mol. The van der Waals surface area contributed by atoms with Gasteiger partial charge >= 0.3 is 0 Å². The third kappa shape index (κ3) is 1.61. The van der Waals surface area contributed by atoms with E-state index in [4.69, 9.17) is 15.7 Å². The van der Waals surface area contributed by atoms with E-state index in [-0.39, 0.29) is 5.88 Å². The molecule has 0 aromatic carbocycles. The monoisotopic (exact) mass is 224 g/mol. The SMILES string of the molecule is [2H]C([2H])([2H])Oc1cc(Cl)c(Br)cn1. The fourth-order valence-corrected chi connectivity index (χ4v) is 0.811. The van der Waals surface area contributed by atoms with Gasteiger partial charge in [0.05, 0.1) is 20.6 Å². The lowest BCUT2D eigenvalue weighted by Crippen LogP contribution is -1.85. The molecular weight excluding hydrogens is 217 g/mol. The number of nitrogens with zero attached hydrogens (tertiary/aromatic N) is 1. The molecule has 0 amide bonds. The standard InChI is InChI=1S/C6H5BrClNO/c1-10-6-2-5(8)4(7)3-9-6/h2-3H,1H3/i1D3. The van der Waals surface area contributed by atoms with E-state index in [1.165, 1.54) is 12.3 Å². The molecule has 1 aromatic rings. The normalized spacial score (nSPS) is 15.2. The zero-order valence-electron chi connectivity index (χ0n) is 7.77. The second-order valence-corrected chi connectivity index (χ2v) is 2.80. The smallest absolute Gasteiger partial charge is 0.214 e. The van der Waals surface area contributed by atoms with Crippen LogP contribution < -0.4 is 4.74 Å². The van der Waals surface area contributed by atoms with Crippen molar-refractivity contribution in [2.24, 2.45) is 0 Å². The van der Waals surface area contributed by atoms with E-state index in [9.17, 15) is 0 Å². The number of pyridine rings is 1. The molecule has 0 aliphatic rings. The molecular formula is C6H5BrClNO. The lowest BCUT2D eigenvalue weighted by atomic mass is 10.5. The summed E-state index contributed by atoms with van der Waals surface area (Å²) in [6.45, 7) is 0. The molecule has 0 unspecified atom stereocenters. The fourth-order valence-electron chi connectivity index (χ4n) is 0.452. The number of halogens is 2. The maximum absolute atomic E-state index is 6.81. The first-order valence-corrected chi connectivity index (χ1v) is 3.56. The van der Waals surface area contributed by atoms with Gasteiger partial charge < -0.3 is 4.74 Å². The van der Waals surface area contributed by atoms with Crippen molar-refractivity contribution in [3.05, 3.63) is 21.8 Å². The molecule has 1 heterocycles. The summed E-state index contributed by atoms with van der Waals surface area (Å²) in [7, 11) is -2.50. The van der Waals surface area contributed by atoms with Gasteiger partial charge in [-0.2, -0.15) is 0 Å². The molecule has 0 saturated carbocycles. The number of aromatic nitrogens is 1. The van der Waals surface area contributed by atoms with E-state index in [1.54, 1.807) is 0 Å². The van der Waals surface area contributed by atoms with Crippen LogP contribution in [0.15, 0.2) is 16.7 Å². The second kappa shape index (κ2) is 3.21. The number of methoxy groups -OCH3 is 1. The van der Waals surface area contributed by atoms with Crippen LogP contribution in [0, 0.1) is 0 Å². The lowest BCUT2D eigenvalue weighted by molar-refractivity contribution is 0.398. The van der Waals surface area contributed by atoms with Gasteiger partial charge in [0.25, 0.3) is 0 Å². The molecule has 0 spiro atoms. The number of hydrogen-bond donors (Lipinski definition) is 0. The molecule has 0 aliphatic heterocycles. The topological polar surface area (TPSA) is 22.1 Å². The van der Waals surface area contributed by atoms with E-state index in [1.807, 2.05) is 0 Å². The van der Waals surface area contributed by atoms with Gasteiger partial charge in [-0.15, -0.1) is 0 Å². The highest BCUT2D eigenvalue weighted by Gasteiger charge is 1.98. The molecule has 0 fully saturated rings. The predicted molar refractivity (Wildman–Crippen MR) is 43.5 cm³/mol. The fraction of sp³-hybridized carbons (Fsp3) is 0.167. The summed E-state index contributed by atoms with van der Waals surface area (Å²) < 4.78 is 25.5. The molecule has 4 heteroatoms. The van der Waals surface area contributed by atoms with E-state index in [0.717, 1.165) is 0 Å². The van der Waals surface area contributed by atoms with Crippen molar-refractivity contribution in [3.8, 4) is 5.88 Å². The molecule has 0 bridgehead atoms. The Morgan fingerprint density at radius 3 is 3.30 bits per heavy atom. The Morgan fingerprint density at radius 1 is 1.90 bits per heavy atom. The average Bonchev–Trinajstić information content (AvgIpc) is 1.94. The van der Waals surface area contributed by atoms with Crippen molar-refractivity contribution in [1.29, 1.82) is 0 Å². The molecule has 0 saturated heterocycles. The Hall–Kier alpha value is -0.280. The number of ether oxygens (including phenoxy) is 1. The van der Waals surface area contributed by atoms with Gasteiger partial charge in [0, 0.05) is 12.3 Å². The molecule has 10 heavy (non-hydrogen) atoms. The summed E-state index contributed by atoms with van der Waals surface area (Å²) in [5.74, 6) is -0.0202. The van der Waals surface area contributed by atoms with Crippen LogP contribution in [0.25, 0.3) is 0 Å². The molecule has 1 rings (SSSR count). The van der Waals surface area contributed by atoms with Crippen LogP contribution in [-0.2, 0) is 0 Å². The Balaban J connectivity index is 2.86. The Kier molecular flexibility index (Phi) is 1.47. The summed E-state index contributed by atoms with van der Waals surface area (Å²) >= 11 is 8.81. The summed E-state index contributed by atoms with van der Waals surface area (Å²) in [6.07, 6.45) is 1.38. The van der Waals surface area contributed by atoms with Crippen molar-refractivity contribution in [1.82, 2.24) is 4.98 Å². The van der Waals surface area contributed by atoms with Crippen LogP contribution in [0.1, 0.15) is 4.11 Å². The molecule has 0 N–H and O–H groups in total. The first kappa shape index (κ1) is 4.57. The minimum Gasteiger partial charge on any atom is -0.481 e. The minimum atomic E-state index is -2.50. The third-order valence-corrected chi connectivity index (χ3v) is 2.06. The van der Waals surface area contributed by atoms with Gasteiger partial charge in [0.15, 0.2) is 0 Å². The first-order chi connectivity index (χ1) is 5.88. The third-order valence-electron chi connectivity index (χ3n) is 0.888. The van der Waals surface area contributed by atoms with Crippen molar-refractivity contribution in [3.63, 3.8) is 0 Å². The highest BCUT2D eigenvalue weighted by atomic mass is 79.9. The van der Waals surface area contributed by atoms with E-state index >= 15 is 0 Å².